The smallest absolute Gasteiger partial charge is 0.253 e. The molecule has 0 spiro atoms. The number of aromatic nitrogens is 1. The van der Waals surface area contributed by atoms with Gasteiger partial charge in [0.1, 0.15) is 11.9 Å². The van der Waals surface area contributed by atoms with Crippen molar-refractivity contribution in [3.05, 3.63) is 62.6 Å². The molecule has 1 atom stereocenters. The van der Waals surface area contributed by atoms with Gasteiger partial charge in [-0.05, 0) is 47.9 Å². The Hall–Kier alpha value is -2.64. The molecule has 6 nitrogen and oxygen atoms in total. The van der Waals surface area contributed by atoms with Crippen molar-refractivity contribution in [1.29, 1.82) is 0 Å². The van der Waals surface area contributed by atoms with Crippen LogP contribution in [0, 0.1) is 0 Å². The van der Waals surface area contributed by atoms with Gasteiger partial charge in [-0.25, -0.2) is 0 Å². The van der Waals surface area contributed by atoms with E-state index in [9.17, 15) is 9.59 Å². The summed E-state index contributed by atoms with van der Waals surface area (Å²) in [7, 11) is 1.59. The molecular weight excluding hydrogens is 376 g/mol. The zero-order chi connectivity index (χ0) is 19.5. The third-order valence-electron chi connectivity index (χ3n) is 4.93. The van der Waals surface area contributed by atoms with Crippen LogP contribution in [0.4, 0.5) is 0 Å². The third-order valence-corrected chi connectivity index (χ3v) is 5.80. The SMILES string of the molecule is COc1ccc2cc(CN(Cc3cccs3)C(=O)C3CCCO3)c(=O)[nH]c2c1. The van der Waals surface area contributed by atoms with Crippen molar-refractivity contribution >= 4 is 28.1 Å². The summed E-state index contributed by atoms with van der Waals surface area (Å²) in [6, 6.07) is 11.4. The molecule has 1 saturated heterocycles. The number of carbonyl (C=O) groups excluding carboxylic acids is 1. The van der Waals surface area contributed by atoms with Gasteiger partial charge in [-0.1, -0.05) is 6.07 Å². The Morgan fingerprint density at radius 1 is 1.32 bits per heavy atom. The first-order valence-corrected chi connectivity index (χ1v) is 10.1. The number of hydrogen-bond acceptors (Lipinski definition) is 5. The molecule has 0 saturated carbocycles. The van der Waals surface area contributed by atoms with Gasteiger partial charge in [-0.3, -0.25) is 9.59 Å². The molecule has 7 heteroatoms. The van der Waals surface area contributed by atoms with Crippen LogP contribution in [0.1, 0.15) is 23.3 Å². The number of methoxy groups -OCH3 is 1. The summed E-state index contributed by atoms with van der Waals surface area (Å²) >= 11 is 1.60. The van der Waals surface area contributed by atoms with Crippen LogP contribution in [0.5, 0.6) is 5.75 Å². The Kier molecular flexibility index (Phi) is 5.45. The average Bonchev–Trinajstić information content (AvgIpc) is 3.41. The summed E-state index contributed by atoms with van der Waals surface area (Å²) < 4.78 is 10.8. The van der Waals surface area contributed by atoms with Crippen molar-refractivity contribution in [1.82, 2.24) is 9.88 Å². The van der Waals surface area contributed by atoms with E-state index in [1.54, 1.807) is 29.4 Å². The first-order chi connectivity index (χ1) is 13.6. The number of aromatic amines is 1. The predicted octanol–water partition coefficient (Wildman–Crippen LogP) is 3.31. The molecule has 0 aliphatic carbocycles. The van der Waals surface area contributed by atoms with Crippen molar-refractivity contribution in [2.45, 2.75) is 32.0 Å². The van der Waals surface area contributed by atoms with E-state index in [0.717, 1.165) is 23.1 Å². The molecule has 1 aliphatic rings. The van der Waals surface area contributed by atoms with Crippen LogP contribution in [-0.2, 0) is 22.6 Å². The van der Waals surface area contributed by atoms with E-state index in [-0.39, 0.29) is 18.0 Å². The molecule has 1 unspecified atom stereocenters. The van der Waals surface area contributed by atoms with Crippen LogP contribution in [-0.4, -0.2) is 35.6 Å². The average molecular weight is 398 g/mol. The first kappa shape index (κ1) is 18.7. The molecule has 1 aromatic carbocycles. The fraction of sp³-hybridized carbons (Fsp3) is 0.333. The molecule has 1 aliphatic heterocycles. The largest absolute Gasteiger partial charge is 0.497 e. The number of amides is 1. The van der Waals surface area contributed by atoms with Gasteiger partial charge in [0.15, 0.2) is 0 Å². The van der Waals surface area contributed by atoms with Gasteiger partial charge in [0.25, 0.3) is 11.5 Å². The molecule has 2 aromatic heterocycles. The zero-order valence-electron chi connectivity index (χ0n) is 15.6. The van der Waals surface area contributed by atoms with Gasteiger partial charge in [-0.2, -0.15) is 0 Å². The van der Waals surface area contributed by atoms with Crippen LogP contribution in [0.25, 0.3) is 10.9 Å². The summed E-state index contributed by atoms with van der Waals surface area (Å²) in [5, 5.41) is 2.89. The Labute approximate surface area is 166 Å². The normalized spacial score (nSPS) is 16.4. The first-order valence-electron chi connectivity index (χ1n) is 9.27. The lowest BCUT2D eigenvalue weighted by atomic mass is 10.1. The van der Waals surface area contributed by atoms with E-state index >= 15 is 0 Å². The van der Waals surface area contributed by atoms with E-state index < -0.39 is 6.10 Å². The predicted molar refractivity (Wildman–Crippen MR) is 109 cm³/mol. The Bertz CT molecular complexity index is 1020. The third kappa shape index (κ3) is 3.95. The lowest BCUT2D eigenvalue weighted by molar-refractivity contribution is -0.142. The Morgan fingerprint density at radius 3 is 2.93 bits per heavy atom. The number of benzene rings is 1. The Morgan fingerprint density at radius 2 is 2.21 bits per heavy atom. The topological polar surface area (TPSA) is 71.6 Å². The van der Waals surface area contributed by atoms with Gasteiger partial charge in [0, 0.05) is 23.1 Å². The van der Waals surface area contributed by atoms with E-state index in [1.807, 2.05) is 35.7 Å². The van der Waals surface area contributed by atoms with Gasteiger partial charge < -0.3 is 19.4 Å². The lowest BCUT2D eigenvalue weighted by Crippen LogP contribution is -2.39. The maximum Gasteiger partial charge on any atom is 0.253 e. The molecule has 146 valence electrons. The van der Waals surface area contributed by atoms with Gasteiger partial charge in [0.05, 0.1) is 25.7 Å². The van der Waals surface area contributed by atoms with Crippen molar-refractivity contribution in [3.63, 3.8) is 0 Å². The quantitative estimate of drug-likeness (QED) is 0.692. The number of hydrogen-bond donors (Lipinski definition) is 1. The summed E-state index contributed by atoms with van der Waals surface area (Å²) in [5.74, 6) is 0.629. The highest BCUT2D eigenvalue weighted by atomic mass is 32.1. The minimum Gasteiger partial charge on any atom is -0.497 e. The van der Waals surface area contributed by atoms with Crippen LogP contribution in [0.15, 0.2) is 46.6 Å². The van der Waals surface area contributed by atoms with Crippen LogP contribution < -0.4 is 10.3 Å². The highest BCUT2D eigenvalue weighted by Crippen LogP contribution is 2.22. The number of nitrogens with zero attached hydrogens (tertiary/aromatic N) is 1. The maximum absolute atomic E-state index is 13.0. The molecular formula is C21H22N2O4S. The summed E-state index contributed by atoms with van der Waals surface area (Å²) in [4.78, 5) is 31.4. The molecule has 1 N–H and O–H groups in total. The zero-order valence-corrected chi connectivity index (χ0v) is 16.5. The minimum absolute atomic E-state index is 0.0554. The van der Waals surface area contributed by atoms with E-state index in [2.05, 4.69) is 4.98 Å². The number of ether oxygens (including phenoxy) is 2. The van der Waals surface area contributed by atoms with Crippen molar-refractivity contribution in [3.8, 4) is 5.75 Å². The molecule has 28 heavy (non-hydrogen) atoms. The lowest BCUT2D eigenvalue weighted by Gasteiger charge is -2.25. The van der Waals surface area contributed by atoms with Crippen molar-refractivity contribution in [2.24, 2.45) is 0 Å². The number of pyridine rings is 1. The fourth-order valence-electron chi connectivity index (χ4n) is 3.45. The van der Waals surface area contributed by atoms with Gasteiger partial charge in [-0.15, -0.1) is 11.3 Å². The molecule has 1 amide bonds. The van der Waals surface area contributed by atoms with Crippen LogP contribution in [0.2, 0.25) is 0 Å². The summed E-state index contributed by atoms with van der Waals surface area (Å²) in [5.41, 5.74) is 1.07. The molecule has 1 fully saturated rings. The van der Waals surface area contributed by atoms with Gasteiger partial charge >= 0.3 is 0 Å². The van der Waals surface area contributed by atoms with Crippen LogP contribution in [0.3, 0.4) is 0 Å². The number of fused-ring (bicyclic) bond motifs is 1. The van der Waals surface area contributed by atoms with Gasteiger partial charge in [0.2, 0.25) is 0 Å². The number of H-pyrrole nitrogens is 1. The summed E-state index contributed by atoms with van der Waals surface area (Å²) in [6.07, 6.45) is 1.21. The monoisotopic (exact) mass is 398 g/mol. The van der Waals surface area contributed by atoms with Crippen molar-refractivity contribution < 1.29 is 14.3 Å². The maximum atomic E-state index is 13.0. The number of carbonyl (C=O) groups is 1. The fourth-order valence-corrected chi connectivity index (χ4v) is 4.17. The summed E-state index contributed by atoms with van der Waals surface area (Å²) in [6.45, 7) is 1.33. The van der Waals surface area contributed by atoms with Crippen molar-refractivity contribution in [2.75, 3.05) is 13.7 Å². The number of nitrogens with one attached hydrogen (secondary N) is 1. The molecule has 3 heterocycles. The molecule has 0 bridgehead atoms. The van der Waals surface area contributed by atoms with E-state index in [4.69, 9.17) is 9.47 Å². The minimum atomic E-state index is -0.413. The van der Waals surface area contributed by atoms with Crippen LogP contribution >= 0.6 is 11.3 Å². The Balaban J connectivity index is 1.64. The number of rotatable bonds is 6. The molecule has 3 aromatic rings. The van der Waals surface area contributed by atoms with E-state index in [0.29, 0.717) is 30.0 Å². The highest BCUT2D eigenvalue weighted by molar-refractivity contribution is 7.09. The standard InChI is InChI=1S/C21H22N2O4S/c1-26-16-7-6-14-10-15(20(24)22-18(14)11-16)12-23(13-17-4-3-9-28-17)21(25)19-5-2-8-27-19/h3-4,6-7,9-11,19H,2,5,8,12-13H2,1H3,(H,22,24). The van der Waals surface area contributed by atoms with E-state index in [1.165, 1.54) is 0 Å². The second-order valence-electron chi connectivity index (χ2n) is 6.85. The molecule has 4 rings (SSSR count). The second-order valence-corrected chi connectivity index (χ2v) is 7.88. The second kappa shape index (κ2) is 8.16. The number of thiophene rings is 1. The highest BCUT2D eigenvalue weighted by Gasteiger charge is 2.29. The molecule has 0 radical (unpaired) electrons.